The molecule has 0 aromatic rings. The summed E-state index contributed by atoms with van der Waals surface area (Å²) in [4.78, 5) is 103. The third-order valence-electron chi connectivity index (χ3n) is 4.98. The minimum Gasteiger partial charge on any atom is -0.480 e. The Balaban J connectivity index is 4.92. The van der Waals surface area contributed by atoms with E-state index >= 15 is 0 Å². The first kappa shape index (κ1) is 40.1. The fourth-order valence-electron chi connectivity index (χ4n) is 2.47. The van der Waals surface area contributed by atoms with E-state index in [0.717, 1.165) is 0 Å². The van der Waals surface area contributed by atoms with Crippen LogP contribution in [0.3, 0.4) is 0 Å². The highest BCUT2D eigenvalue weighted by atomic mass is 16.6. The molecule has 45 heavy (non-hydrogen) atoms. The molecule has 0 heterocycles. The molecule has 0 aliphatic rings. The molecule has 0 aromatic heterocycles. The predicted octanol–water partition coefficient (Wildman–Crippen LogP) is -3.81. The Hall–Kier alpha value is -4.89. The average Bonchev–Trinajstić information content (AvgIpc) is 2.98. The molecule has 0 fully saturated rings. The average molecular weight is 654 g/mol. The number of hydrogen-bond donors (Lipinski definition) is 6. The van der Waals surface area contributed by atoms with Gasteiger partial charge in [0.05, 0.1) is 38.5 Å². The number of aliphatic carboxylic acids is 3. The fraction of sp³-hybridized carbons (Fsp3) is 0.625. The van der Waals surface area contributed by atoms with Crippen molar-refractivity contribution in [1.29, 1.82) is 0 Å². The van der Waals surface area contributed by atoms with Crippen molar-refractivity contribution in [3.63, 3.8) is 0 Å². The molecule has 0 unspecified atom stereocenters. The topological polar surface area (TPSA) is 348 Å². The first-order chi connectivity index (χ1) is 21.0. The second kappa shape index (κ2) is 21.7. The third kappa shape index (κ3) is 20.6. The number of carboxylic acid groups (broad SMARTS) is 3. The van der Waals surface area contributed by atoms with Crippen LogP contribution in [0.5, 0.6) is 0 Å². The van der Waals surface area contributed by atoms with Crippen LogP contribution in [0.2, 0.25) is 0 Å². The van der Waals surface area contributed by atoms with Crippen LogP contribution in [0.4, 0.5) is 0 Å². The molecular formula is C24H35N3O18. The minimum absolute atomic E-state index is 0.522. The summed E-state index contributed by atoms with van der Waals surface area (Å²) in [6, 6.07) is -4.42. The monoisotopic (exact) mass is 653 g/mol. The number of rotatable bonds is 23. The molecular weight excluding hydrogens is 618 g/mol. The minimum atomic E-state index is -1.48. The quantitative estimate of drug-likeness (QED) is 0.0454. The van der Waals surface area contributed by atoms with Crippen molar-refractivity contribution in [3.8, 4) is 0 Å². The number of ether oxygens (including phenoxy) is 6. The van der Waals surface area contributed by atoms with Gasteiger partial charge in [0.2, 0.25) is 0 Å². The normalized spacial score (nSPS) is 12.5. The van der Waals surface area contributed by atoms with Crippen LogP contribution in [0.25, 0.3) is 0 Å². The molecule has 0 aromatic carbocycles. The lowest BCUT2D eigenvalue weighted by atomic mass is 10.3. The lowest BCUT2D eigenvalue weighted by molar-refractivity contribution is -0.168. The largest absolute Gasteiger partial charge is 0.480 e. The maximum absolute atomic E-state index is 12.2. The number of esters is 6. The Morgan fingerprint density at radius 2 is 0.622 bits per heavy atom. The van der Waals surface area contributed by atoms with Gasteiger partial charge in [-0.05, 0) is 0 Å². The Labute approximate surface area is 254 Å². The molecule has 0 aliphatic carbocycles. The zero-order valence-electron chi connectivity index (χ0n) is 23.8. The Morgan fingerprint density at radius 1 is 0.400 bits per heavy atom. The third-order valence-corrected chi connectivity index (χ3v) is 4.98. The number of carboxylic acids is 3. The fourth-order valence-corrected chi connectivity index (χ4v) is 2.47. The zero-order chi connectivity index (χ0) is 34.5. The van der Waals surface area contributed by atoms with Gasteiger partial charge >= 0.3 is 53.7 Å². The van der Waals surface area contributed by atoms with Gasteiger partial charge in [-0.15, -0.1) is 0 Å². The van der Waals surface area contributed by atoms with E-state index in [9.17, 15) is 43.2 Å². The van der Waals surface area contributed by atoms with Gasteiger partial charge in [0.1, 0.15) is 51.2 Å². The molecule has 0 rings (SSSR count). The van der Waals surface area contributed by atoms with Crippen molar-refractivity contribution in [2.45, 2.75) is 62.8 Å². The molecule has 0 saturated carbocycles. The predicted molar refractivity (Wildman–Crippen MR) is 139 cm³/mol. The van der Waals surface area contributed by atoms with Crippen molar-refractivity contribution < 1.29 is 86.9 Å². The van der Waals surface area contributed by atoms with Crippen molar-refractivity contribution in [1.82, 2.24) is 0 Å². The lowest BCUT2D eigenvalue weighted by Crippen LogP contribution is -2.36. The van der Waals surface area contributed by atoms with Crippen molar-refractivity contribution >= 4 is 53.7 Å². The van der Waals surface area contributed by atoms with E-state index in [4.69, 9.17) is 46.7 Å². The Bertz CT molecular complexity index is 1020. The van der Waals surface area contributed by atoms with E-state index in [1.54, 1.807) is 0 Å². The molecule has 0 aliphatic heterocycles. The van der Waals surface area contributed by atoms with E-state index in [2.05, 4.69) is 14.2 Å². The number of nitrogens with two attached hydrogens (primary N) is 3. The first-order valence-electron chi connectivity index (χ1n) is 12.9. The van der Waals surface area contributed by atoms with Gasteiger partial charge in [0.15, 0.2) is 6.10 Å². The first-order valence-corrected chi connectivity index (χ1v) is 12.9. The molecule has 9 N–H and O–H groups in total. The van der Waals surface area contributed by atoms with Crippen LogP contribution in [-0.2, 0) is 71.6 Å². The Morgan fingerprint density at radius 3 is 0.867 bits per heavy atom. The molecule has 254 valence electrons. The van der Waals surface area contributed by atoms with Crippen LogP contribution >= 0.6 is 0 Å². The molecule has 21 heteroatoms. The highest BCUT2D eigenvalue weighted by Crippen LogP contribution is 2.06. The van der Waals surface area contributed by atoms with Crippen molar-refractivity contribution in [2.75, 3.05) is 33.0 Å². The summed E-state index contributed by atoms with van der Waals surface area (Å²) in [5.41, 5.74) is 15.6. The van der Waals surface area contributed by atoms with Crippen LogP contribution in [0.1, 0.15) is 38.5 Å². The summed E-state index contributed by atoms with van der Waals surface area (Å²) in [5, 5.41) is 26.0. The van der Waals surface area contributed by atoms with Gasteiger partial charge < -0.3 is 60.9 Å². The molecule has 0 saturated heterocycles. The van der Waals surface area contributed by atoms with Crippen molar-refractivity contribution in [3.05, 3.63) is 0 Å². The molecule has 21 nitrogen and oxygen atoms in total. The molecule has 0 bridgehead atoms. The zero-order valence-corrected chi connectivity index (χ0v) is 23.8. The van der Waals surface area contributed by atoms with Crippen molar-refractivity contribution in [2.24, 2.45) is 17.2 Å². The van der Waals surface area contributed by atoms with Gasteiger partial charge in [0.25, 0.3) is 0 Å². The lowest BCUT2D eigenvalue weighted by Gasteiger charge is -2.18. The molecule has 0 radical (unpaired) electrons. The maximum atomic E-state index is 12.2. The summed E-state index contributed by atoms with van der Waals surface area (Å²) in [6.45, 7) is -3.34. The van der Waals surface area contributed by atoms with Gasteiger partial charge in [-0.25, -0.2) is 0 Å². The SMILES string of the molecule is N[C@@H](COC(=O)CCC(=O)OCC(COC(=O)CCC(=O)OC[C@H](N)C(=O)O)OC(=O)CCC(=O)OC[C@H](N)C(=O)O)C(=O)O. The van der Waals surface area contributed by atoms with E-state index in [1.165, 1.54) is 0 Å². The number of hydrogen-bond acceptors (Lipinski definition) is 18. The maximum Gasteiger partial charge on any atom is 0.324 e. The number of carbonyl (C=O) groups excluding carboxylic acids is 6. The van der Waals surface area contributed by atoms with Crippen LogP contribution in [-0.4, -0.2) is 126 Å². The summed E-state index contributed by atoms with van der Waals surface area (Å²) in [6.07, 6.45) is -4.72. The van der Waals surface area contributed by atoms with E-state index in [-0.39, 0.29) is 0 Å². The van der Waals surface area contributed by atoms with Gasteiger partial charge in [-0.3, -0.25) is 43.2 Å². The summed E-state index contributed by atoms with van der Waals surface area (Å²) < 4.78 is 28.7. The van der Waals surface area contributed by atoms with Crippen LogP contribution < -0.4 is 17.2 Å². The number of carbonyl (C=O) groups is 9. The van der Waals surface area contributed by atoms with Gasteiger partial charge in [-0.2, -0.15) is 0 Å². The molecule has 3 atom stereocenters. The van der Waals surface area contributed by atoms with E-state index in [0.29, 0.717) is 0 Å². The van der Waals surface area contributed by atoms with E-state index in [1.807, 2.05) is 0 Å². The standard InChI is InChI=1S/C24H35N3O18/c25-13(22(34)35)9-42-18(30)3-1-16(28)40-7-12(45-21(33)6-5-20(32)44-11-15(27)24(38)39)8-41-17(29)2-4-19(31)43-10-14(26)23(36)37/h12-15H,1-11,25-27H2,(H,34,35)(H,36,37)(H,38,39)/t13-,14-,15-/m0/s1. The molecule has 0 amide bonds. The summed E-state index contributed by atoms with van der Waals surface area (Å²) >= 11 is 0. The highest BCUT2D eigenvalue weighted by molar-refractivity contribution is 5.80. The van der Waals surface area contributed by atoms with E-state index < -0.39 is 150 Å². The summed E-state index contributed by atoms with van der Waals surface area (Å²) in [7, 11) is 0. The summed E-state index contributed by atoms with van der Waals surface area (Å²) in [5.74, 6) is -10.2. The molecule has 0 spiro atoms. The smallest absolute Gasteiger partial charge is 0.324 e. The Kier molecular flexibility index (Phi) is 19.4. The van der Waals surface area contributed by atoms with Crippen LogP contribution in [0.15, 0.2) is 0 Å². The highest BCUT2D eigenvalue weighted by Gasteiger charge is 2.23. The van der Waals surface area contributed by atoms with Gasteiger partial charge in [-0.1, -0.05) is 0 Å². The second-order valence-electron chi connectivity index (χ2n) is 8.86. The van der Waals surface area contributed by atoms with Gasteiger partial charge in [0, 0.05) is 0 Å². The second-order valence-corrected chi connectivity index (χ2v) is 8.86. The van der Waals surface area contributed by atoms with Crippen LogP contribution in [0, 0.1) is 0 Å².